The second-order valence-corrected chi connectivity index (χ2v) is 8.17. The average Bonchev–Trinajstić information content (AvgIpc) is 3.05. The Hall–Kier alpha value is -2.57. The molecule has 1 atom stereocenters. The maximum atomic E-state index is 12.9. The van der Waals surface area contributed by atoms with Gasteiger partial charge in [0.2, 0.25) is 5.91 Å². The number of halogens is 2. The first-order chi connectivity index (χ1) is 14.3. The van der Waals surface area contributed by atoms with Gasteiger partial charge in [0.15, 0.2) is 0 Å². The fourth-order valence-corrected chi connectivity index (χ4v) is 3.47. The van der Waals surface area contributed by atoms with Gasteiger partial charge < -0.3 is 10.1 Å². The lowest BCUT2D eigenvalue weighted by molar-refractivity contribution is -0.151. The number of hydrogen-bond acceptors (Lipinski definition) is 5. The smallest absolute Gasteiger partial charge is 0.319 e. The molecule has 2 aromatic carbocycles. The summed E-state index contributed by atoms with van der Waals surface area (Å²) in [6, 6.07) is 13.9. The Balaban J connectivity index is 1.79. The largest absolute Gasteiger partial charge is 0.465 e. The third-order valence-corrected chi connectivity index (χ3v) is 5.23. The van der Waals surface area contributed by atoms with Crippen LogP contribution >= 0.6 is 23.2 Å². The Bertz CT molecular complexity index is 945. The van der Waals surface area contributed by atoms with E-state index in [0.29, 0.717) is 28.1 Å². The van der Waals surface area contributed by atoms with E-state index in [0.717, 1.165) is 12.0 Å². The number of rotatable bonds is 7. The molecule has 0 bridgehead atoms. The second kappa shape index (κ2) is 9.49. The lowest BCUT2D eigenvalue weighted by Crippen LogP contribution is -2.41. The number of nitrogens with one attached hydrogen (secondary N) is 1. The Morgan fingerprint density at radius 1 is 1.10 bits per heavy atom. The fourth-order valence-electron chi connectivity index (χ4n) is 3.22. The molecule has 1 amide bonds. The number of hydrazone groups is 1. The van der Waals surface area contributed by atoms with Crippen molar-refractivity contribution in [1.82, 2.24) is 5.01 Å². The molecule has 1 aliphatic heterocycles. The topological polar surface area (TPSA) is 71.0 Å². The number of nitrogens with zero attached hydrogens (tertiary/aromatic N) is 2. The van der Waals surface area contributed by atoms with Crippen molar-refractivity contribution in [2.75, 3.05) is 25.0 Å². The molecule has 0 aliphatic carbocycles. The van der Waals surface area contributed by atoms with Gasteiger partial charge in [0.05, 0.1) is 18.9 Å². The molecule has 1 N–H and O–H groups in total. The Morgan fingerprint density at radius 2 is 1.70 bits per heavy atom. The molecule has 6 nitrogen and oxygen atoms in total. The van der Waals surface area contributed by atoms with Gasteiger partial charge in [-0.15, -0.1) is 0 Å². The number of esters is 1. The maximum absolute atomic E-state index is 12.9. The van der Waals surface area contributed by atoms with Crippen LogP contribution < -0.4 is 5.32 Å². The minimum Gasteiger partial charge on any atom is -0.465 e. The number of amides is 1. The lowest BCUT2D eigenvalue weighted by Gasteiger charge is -2.24. The van der Waals surface area contributed by atoms with Gasteiger partial charge >= 0.3 is 5.97 Å². The number of anilines is 1. The van der Waals surface area contributed by atoms with Gasteiger partial charge in [-0.05, 0) is 55.3 Å². The van der Waals surface area contributed by atoms with Crippen LogP contribution in [-0.2, 0) is 14.3 Å². The van der Waals surface area contributed by atoms with E-state index in [1.807, 2.05) is 19.1 Å². The van der Waals surface area contributed by atoms with Crippen molar-refractivity contribution in [3.05, 3.63) is 64.1 Å². The first-order valence-corrected chi connectivity index (χ1v) is 10.4. The Morgan fingerprint density at radius 3 is 2.30 bits per heavy atom. The maximum Gasteiger partial charge on any atom is 0.319 e. The molecule has 3 rings (SSSR count). The normalized spacial score (nSPS) is 18.1. The first kappa shape index (κ1) is 22.1. The number of carbonyl (C=O) groups is 2. The van der Waals surface area contributed by atoms with Crippen LogP contribution in [-0.4, -0.2) is 42.3 Å². The van der Waals surface area contributed by atoms with E-state index in [1.54, 1.807) is 48.3 Å². The summed E-state index contributed by atoms with van der Waals surface area (Å²) in [7, 11) is 0. The highest BCUT2D eigenvalue weighted by molar-refractivity contribution is 6.31. The summed E-state index contributed by atoms with van der Waals surface area (Å²) in [5.41, 5.74) is 0.954. The molecular weight excluding hydrogens is 425 g/mol. The van der Waals surface area contributed by atoms with Crippen molar-refractivity contribution in [2.24, 2.45) is 10.5 Å². The van der Waals surface area contributed by atoms with Crippen LogP contribution in [0.1, 0.15) is 25.8 Å². The summed E-state index contributed by atoms with van der Waals surface area (Å²) >= 11 is 11.9. The molecule has 8 heteroatoms. The molecule has 0 saturated carbocycles. The van der Waals surface area contributed by atoms with Crippen molar-refractivity contribution in [3.8, 4) is 0 Å². The molecule has 0 saturated heterocycles. The number of benzene rings is 2. The summed E-state index contributed by atoms with van der Waals surface area (Å²) in [6.45, 7) is 4.29. The number of carbonyl (C=O) groups excluding carboxylic acids is 2. The van der Waals surface area contributed by atoms with E-state index in [2.05, 4.69) is 10.4 Å². The van der Waals surface area contributed by atoms with Crippen LogP contribution in [0.2, 0.25) is 10.0 Å². The fraction of sp³-hybridized carbons (Fsp3) is 0.318. The summed E-state index contributed by atoms with van der Waals surface area (Å²) in [5, 5.41) is 10.2. The zero-order valence-corrected chi connectivity index (χ0v) is 18.3. The zero-order chi connectivity index (χ0) is 21.7. The van der Waals surface area contributed by atoms with E-state index in [1.165, 1.54) is 0 Å². The third kappa shape index (κ3) is 5.12. The van der Waals surface area contributed by atoms with Crippen molar-refractivity contribution >= 4 is 46.5 Å². The number of hydrogen-bond donors (Lipinski definition) is 1. The predicted octanol–water partition coefficient (Wildman–Crippen LogP) is 4.61. The summed E-state index contributed by atoms with van der Waals surface area (Å²) < 4.78 is 5.43. The molecule has 158 valence electrons. The van der Waals surface area contributed by atoms with Gasteiger partial charge in [-0.3, -0.25) is 14.6 Å². The molecule has 30 heavy (non-hydrogen) atoms. The molecule has 1 aliphatic rings. The standard InChI is InChI=1S/C22H23Cl2N3O3/c1-3-12-30-21(29)22(2)14-27(26-20(22)15-4-6-16(23)7-5-15)13-19(28)25-18-10-8-17(24)9-11-18/h4-11H,3,12-14H2,1-2H3,(H,25,28). The molecule has 0 spiro atoms. The van der Waals surface area contributed by atoms with Crippen LogP contribution in [0.5, 0.6) is 0 Å². The lowest BCUT2D eigenvalue weighted by atomic mass is 9.82. The predicted molar refractivity (Wildman–Crippen MR) is 119 cm³/mol. The van der Waals surface area contributed by atoms with Gasteiger partial charge in [0, 0.05) is 15.7 Å². The molecule has 1 heterocycles. The molecule has 1 unspecified atom stereocenters. The zero-order valence-electron chi connectivity index (χ0n) is 16.8. The van der Waals surface area contributed by atoms with Crippen molar-refractivity contribution < 1.29 is 14.3 Å². The van der Waals surface area contributed by atoms with E-state index < -0.39 is 5.41 Å². The van der Waals surface area contributed by atoms with Crippen LogP contribution in [0, 0.1) is 5.41 Å². The van der Waals surface area contributed by atoms with Crippen LogP contribution in [0.25, 0.3) is 0 Å². The van der Waals surface area contributed by atoms with E-state index in [4.69, 9.17) is 27.9 Å². The molecule has 0 fully saturated rings. The SMILES string of the molecule is CCCOC(=O)C1(C)CN(CC(=O)Nc2ccc(Cl)cc2)N=C1c1ccc(Cl)cc1. The Labute approximate surface area is 185 Å². The third-order valence-electron chi connectivity index (χ3n) is 4.72. The van der Waals surface area contributed by atoms with Crippen molar-refractivity contribution in [2.45, 2.75) is 20.3 Å². The van der Waals surface area contributed by atoms with E-state index in [9.17, 15) is 9.59 Å². The summed E-state index contributed by atoms with van der Waals surface area (Å²) in [6.07, 6.45) is 0.725. The molecule has 0 radical (unpaired) electrons. The summed E-state index contributed by atoms with van der Waals surface area (Å²) in [4.78, 5) is 25.4. The highest BCUT2D eigenvalue weighted by Crippen LogP contribution is 2.33. The number of ether oxygens (including phenoxy) is 1. The molecular formula is C22H23Cl2N3O3. The first-order valence-electron chi connectivity index (χ1n) is 9.64. The average molecular weight is 448 g/mol. The van der Waals surface area contributed by atoms with Gasteiger partial charge in [-0.1, -0.05) is 42.3 Å². The molecule has 2 aromatic rings. The monoisotopic (exact) mass is 447 g/mol. The minimum absolute atomic E-state index is 0.00361. The van der Waals surface area contributed by atoms with Gasteiger partial charge in [-0.2, -0.15) is 5.10 Å². The quantitative estimate of drug-likeness (QED) is 0.628. The summed E-state index contributed by atoms with van der Waals surface area (Å²) in [5.74, 6) is -0.610. The minimum atomic E-state index is -0.996. The van der Waals surface area contributed by atoms with Crippen molar-refractivity contribution in [3.63, 3.8) is 0 Å². The van der Waals surface area contributed by atoms with E-state index in [-0.39, 0.29) is 25.0 Å². The Kier molecular flexibility index (Phi) is 7.00. The van der Waals surface area contributed by atoms with Crippen LogP contribution in [0.3, 0.4) is 0 Å². The van der Waals surface area contributed by atoms with Crippen LogP contribution in [0.4, 0.5) is 5.69 Å². The molecule has 0 aromatic heterocycles. The van der Waals surface area contributed by atoms with Crippen molar-refractivity contribution in [1.29, 1.82) is 0 Å². The highest BCUT2D eigenvalue weighted by atomic mass is 35.5. The van der Waals surface area contributed by atoms with Gasteiger partial charge in [0.25, 0.3) is 0 Å². The van der Waals surface area contributed by atoms with Crippen LogP contribution in [0.15, 0.2) is 53.6 Å². The van der Waals surface area contributed by atoms with E-state index >= 15 is 0 Å². The highest BCUT2D eigenvalue weighted by Gasteiger charge is 2.47. The van der Waals surface area contributed by atoms with Gasteiger partial charge in [-0.25, -0.2) is 0 Å². The van der Waals surface area contributed by atoms with Gasteiger partial charge in [0.1, 0.15) is 12.0 Å². The second-order valence-electron chi connectivity index (χ2n) is 7.30.